The number of hydrogen-bond donors (Lipinski definition) is 1. The Morgan fingerprint density at radius 1 is 1.33 bits per heavy atom. The van der Waals surface area contributed by atoms with Crippen molar-refractivity contribution in [1.29, 1.82) is 0 Å². The first-order valence-corrected chi connectivity index (χ1v) is 8.54. The molecule has 0 aliphatic carbocycles. The molecule has 0 radical (unpaired) electrons. The molecule has 2 aromatic rings. The smallest absolute Gasteiger partial charge is 0.263 e. The summed E-state index contributed by atoms with van der Waals surface area (Å²) >= 11 is 14.5. The summed E-state index contributed by atoms with van der Waals surface area (Å²) in [5.74, 6) is -0.980. The van der Waals surface area contributed by atoms with Gasteiger partial charge in [-0.1, -0.05) is 23.2 Å². The molecule has 0 aliphatic heterocycles. The quantitative estimate of drug-likeness (QED) is 0.599. The van der Waals surface area contributed by atoms with Crippen molar-refractivity contribution < 1.29 is 12.8 Å². The first kappa shape index (κ1) is 16.5. The third-order valence-corrected chi connectivity index (χ3v) is 5.58. The average molecular weight is 414 g/mol. The Bertz CT molecular complexity index is 815. The Morgan fingerprint density at radius 3 is 2.62 bits per heavy atom. The van der Waals surface area contributed by atoms with Crippen LogP contribution in [0.3, 0.4) is 0 Å². The molecule has 0 saturated heterocycles. The van der Waals surface area contributed by atoms with E-state index in [-0.39, 0.29) is 10.7 Å². The maximum atomic E-state index is 13.6. The van der Waals surface area contributed by atoms with Gasteiger partial charge in [0.25, 0.3) is 10.0 Å². The number of anilines is 1. The van der Waals surface area contributed by atoms with Crippen LogP contribution in [0, 0.1) is 12.7 Å². The number of nitrogens with one attached hydrogen (secondary N) is 1. The number of pyridine rings is 1. The number of aromatic nitrogens is 1. The zero-order valence-corrected chi connectivity index (χ0v) is 14.4. The number of rotatable bonds is 3. The maximum absolute atomic E-state index is 13.6. The van der Waals surface area contributed by atoms with E-state index in [9.17, 15) is 12.8 Å². The first-order chi connectivity index (χ1) is 9.72. The Labute approximate surface area is 139 Å². The lowest BCUT2D eigenvalue weighted by Gasteiger charge is -2.11. The molecule has 9 heteroatoms. The fourth-order valence-electron chi connectivity index (χ4n) is 1.54. The molecule has 0 atom stereocenters. The predicted molar refractivity (Wildman–Crippen MR) is 83.9 cm³/mol. The second kappa shape index (κ2) is 6.08. The minimum absolute atomic E-state index is 0.238. The average Bonchev–Trinajstić information content (AvgIpc) is 2.39. The Balaban J connectivity index is 2.43. The molecule has 1 aromatic heterocycles. The molecule has 1 N–H and O–H groups in total. The van der Waals surface area contributed by atoms with E-state index in [0.29, 0.717) is 4.60 Å². The molecule has 0 saturated carbocycles. The van der Waals surface area contributed by atoms with Crippen molar-refractivity contribution in [3.8, 4) is 0 Å². The minimum Gasteiger partial charge on any atom is -0.278 e. The highest BCUT2D eigenvalue weighted by Crippen LogP contribution is 2.30. The first-order valence-electron chi connectivity index (χ1n) is 5.51. The van der Waals surface area contributed by atoms with Gasteiger partial charge < -0.3 is 0 Å². The van der Waals surface area contributed by atoms with E-state index in [4.69, 9.17) is 23.2 Å². The molecular weight excluding hydrogens is 406 g/mol. The molecule has 0 aliphatic rings. The highest BCUT2D eigenvalue weighted by molar-refractivity contribution is 9.10. The Kier molecular flexibility index (Phi) is 4.77. The summed E-state index contributed by atoms with van der Waals surface area (Å²) in [4.78, 5) is 3.58. The largest absolute Gasteiger partial charge is 0.278 e. The lowest BCUT2D eigenvalue weighted by atomic mass is 10.3. The number of halogens is 4. The van der Waals surface area contributed by atoms with Crippen LogP contribution >= 0.6 is 39.1 Å². The Hall–Kier alpha value is -0.890. The van der Waals surface area contributed by atoms with E-state index in [0.717, 1.165) is 17.7 Å². The van der Waals surface area contributed by atoms with Crippen LogP contribution in [0.4, 0.5) is 10.1 Å². The molecule has 0 spiro atoms. The number of hydrogen-bond acceptors (Lipinski definition) is 3. The summed E-state index contributed by atoms with van der Waals surface area (Å²) in [5, 5.41) is -0.808. The van der Waals surface area contributed by atoms with Gasteiger partial charge in [-0.05, 0) is 46.6 Å². The second-order valence-corrected chi connectivity index (χ2v) is 7.30. The third-order valence-electron chi connectivity index (χ3n) is 2.56. The SMILES string of the molecule is Cc1cc(NS(=O)(=O)c2ccc(Cl)c(F)c2Cl)cnc1Br. The monoisotopic (exact) mass is 412 g/mol. The molecule has 0 unspecified atom stereocenters. The van der Waals surface area contributed by atoms with Gasteiger partial charge in [-0.2, -0.15) is 0 Å². The van der Waals surface area contributed by atoms with E-state index in [1.807, 2.05) is 0 Å². The van der Waals surface area contributed by atoms with Crippen molar-refractivity contribution in [1.82, 2.24) is 4.98 Å². The molecule has 0 fully saturated rings. The molecule has 0 amide bonds. The van der Waals surface area contributed by atoms with Crippen molar-refractivity contribution in [2.45, 2.75) is 11.8 Å². The molecule has 21 heavy (non-hydrogen) atoms. The molecule has 112 valence electrons. The summed E-state index contributed by atoms with van der Waals surface area (Å²) in [7, 11) is -4.05. The van der Waals surface area contributed by atoms with Gasteiger partial charge in [0, 0.05) is 0 Å². The van der Waals surface area contributed by atoms with Crippen molar-refractivity contribution in [2.75, 3.05) is 4.72 Å². The van der Waals surface area contributed by atoms with Crippen LogP contribution in [0.2, 0.25) is 10.0 Å². The number of aryl methyl sites for hydroxylation is 1. The van der Waals surface area contributed by atoms with E-state index in [1.54, 1.807) is 13.0 Å². The van der Waals surface area contributed by atoms with Crippen molar-refractivity contribution in [3.05, 3.63) is 50.4 Å². The number of sulfonamides is 1. The molecule has 4 nitrogen and oxygen atoms in total. The van der Waals surface area contributed by atoms with E-state index < -0.39 is 25.8 Å². The van der Waals surface area contributed by atoms with Gasteiger partial charge in [-0.3, -0.25) is 4.72 Å². The summed E-state index contributed by atoms with van der Waals surface area (Å²) in [5.41, 5.74) is 0.978. The molecule has 2 rings (SSSR count). The summed E-state index contributed by atoms with van der Waals surface area (Å²) < 4.78 is 41.0. The predicted octanol–water partition coefficient (Wildman–Crippen LogP) is 4.40. The van der Waals surface area contributed by atoms with Crippen molar-refractivity contribution in [2.24, 2.45) is 0 Å². The summed E-state index contributed by atoms with van der Waals surface area (Å²) in [6.45, 7) is 1.75. The molecule has 0 bridgehead atoms. The molecular formula is C12H8BrCl2FN2O2S. The van der Waals surface area contributed by atoms with Gasteiger partial charge in [0.1, 0.15) is 9.50 Å². The van der Waals surface area contributed by atoms with Crippen LogP contribution in [0.15, 0.2) is 33.9 Å². The Morgan fingerprint density at radius 2 is 2.00 bits per heavy atom. The van der Waals surface area contributed by atoms with Crippen molar-refractivity contribution >= 4 is 54.8 Å². The van der Waals surface area contributed by atoms with Crippen LogP contribution in [0.25, 0.3) is 0 Å². The van der Waals surface area contributed by atoms with Gasteiger partial charge in [0.2, 0.25) is 0 Å². The zero-order valence-electron chi connectivity index (χ0n) is 10.5. The fraction of sp³-hybridized carbons (Fsp3) is 0.0833. The minimum atomic E-state index is -4.05. The van der Waals surface area contributed by atoms with E-state index in [1.165, 1.54) is 6.20 Å². The lowest BCUT2D eigenvalue weighted by Crippen LogP contribution is -2.14. The zero-order chi connectivity index (χ0) is 15.8. The van der Waals surface area contributed by atoms with Gasteiger partial charge in [0.15, 0.2) is 5.82 Å². The van der Waals surface area contributed by atoms with Gasteiger partial charge in [0.05, 0.1) is 21.9 Å². The lowest BCUT2D eigenvalue weighted by molar-refractivity contribution is 0.595. The van der Waals surface area contributed by atoms with Crippen LogP contribution in [-0.2, 0) is 10.0 Å². The van der Waals surface area contributed by atoms with Crippen LogP contribution in [0.1, 0.15) is 5.56 Å². The molecule has 1 heterocycles. The summed E-state index contributed by atoms with van der Waals surface area (Å²) in [6.07, 6.45) is 1.33. The standard InChI is InChI=1S/C12H8BrCl2FN2O2S/c1-6-4-7(5-17-12(6)13)18-21(19,20)9-3-2-8(14)11(16)10(9)15/h2-5,18H,1H3. The van der Waals surface area contributed by atoms with Crippen LogP contribution < -0.4 is 4.72 Å². The highest BCUT2D eigenvalue weighted by Gasteiger charge is 2.22. The molecule has 1 aromatic carbocycles. The topological polar surface area (TPSA) is 59.1 Å². The second-order valence-electron chi connectivity index (χ2n) is 4.11. The summed E-state index contributed by atoms with van der Waals surface area (Å²) in [6, 6.07) is 3.84. The van der Waals surface area contributed by atoms with Crippen molar-refractivity contribution in [3.63, 3.8) is 0 Å². The van der Waals surface area contributed by atoms with Gasteiger partial charge in [-0.15, -0.1) is 0 Å². The third kappa shape index (κ3) is 3.48. The number of nitrogens with zero attached hydrogens (tertiary/aromatic N) is 1. The van der Waals surface area contributed by atoms with E-state index in [2.05, 4.69) is 25.6 Å². The van der Waals surface area contributed by atoms with Gasteiger partial charge in [-0.25, -0.2) is 17.8 Å². The highest BCUT2D eigenvalue weighted by atomic mass is 79.9. The number of benzene rings is 1. The fourth-order valence-corrected chi connectivity index (χ4v) is 3.54. The van der Waals surface area contributed by atoms with Gasteiger partial charge >= 0.3 is 0 Å². The maximum Gasteiger partial charge on any atom is 0.263 e. The van der Waals surface area contributed by atoms with Crippen LogP contribution in [-0.4, -0.2) is 13.4 Å². The van der Waals surface area contributed by atoms with E-state index >= 15 is 0 Å². The normalized spacial score (nSPS) is 11.5. The van der Waals surface area contributed by atoms with Crippen LogP contribution in [0.5, 0.6) is 0 Å².